The molecule has 2 atom stereocenters. The van der Waals surface area contributed by atoms with E-state index in [4.69, 9.17) is 4.42 Å². The number of thiophene rings is 2. The molecule has 1 nitrogen and oxygen atoms in total. The van der Waals surface area contributed by atoms with Crippen LogP contribution in [-0.4, -0.2) is 0 Å². The third-order valence-electron chi connectivity index (χ3n) is 11.6. The lowest BCUT2D eigenvalue weighted by Gasteiger charge is -2.33. The first kappa shape index (κ1) is 30.8. The maximum Gasteiger partial charge on any atom is 0.142 e. The van der Waals surface area contributed by atoms with Crippen molar-refractivity contribution in [3.05, 3.63) is 188 Å². The predicted octanol–water partition coefficient (Wildman–Crippen LogP) is 12.7. The lowest BCUT2D eigenvalue weighted by Crippen LogP contribution is -2.40. The molecule has 11 rings (SSSR count). The third-order valence-corrected chi connectivity index (χ3v) is 13.3. The van der Waals surface area contributed by atoms with Crippen molar-refractivity contribution in [3.63, 3.8) is 0 Å². The number of rotatable bonds is 4. The fraction of sp³-hybridized carbons (Fsp3) is 0.0800. The van der Waals surface area contributed by atoms with Crippen LogP contribution in [0.1, 0.15) is 22.3 Å². The maximum absolute atomic E-state index is 7.07. The van der Waals surface area contributed by atoms with Crippen molar-refractivity contribution in [3.8, 4) is 22.3 Å². The summed E-state index contributed by atoms with van der Waals surface area (Å²) in [5.74, 6) is 0.438. The van der Waals surface area contributed by atoms with Gasteiger partial charge in [-0.05, 0) is 130 Å². The molecule has 2 unspecified atom stereocenters. The number of allylic oxidation sites excluding steroid dienone is 4. The highest BCUT2D eigenvalue weighted by atomic mass is 32.1. The van der Waals surface area contributed by atoms with Gasteiger partial charge in [-0.2, -0.15) is 22.7 Å². The predicted molar refractivity (Wildman–Crippen MR) is 227 cm³/mol. The molecular weight excluding hydrogens is 681 g/mol. The Bertz CT molecular complexity index is 3100. The van der Waals surface area contributed by atoms with Gasteiger partial charge in [0.2, 0.25) is 0 Å². The van der Waals surface area contributed by atoms with Gasteiger partial charge in [-0.1, -0.05) is 121 Å². The topological polar surface area (TPSA) is 13.1 Å². The maximum atomic E-state index is 7.07. The van der Waals surface area contributed by atoms with E-state index in [1.807, 2.05) is 0 Å². The van der Waals surface area contributed by atoms with E-state index in [1.165, 1.54) is 87.6 Å². The van der Waals surface area contributed by atoms with E-state index in [0.29, 0.717) is 0 Å². The second-order valence-corrected chi connectivity index (χ2v) is 16.0. The molecule has 0 radical (unpaired) electrons. The summed E-state index contributed by atoms with van der Waals surface area (Å²) >= 11 is 3.57. The lowest BCUT2D eigenvalue weighted by molar-refractivity contribution is 0.659. The van der Waals surface area contributed by atoms with Crippen molar-refractivity contribution < 1.29 is 4.42 Å². The molecule has 3 heteroatoms. The number of para-hydroxylation sites is 1. The van der Waals surface area contributed by atoms with Crippen LogP contribution >= 0.6 is 22.7 Å². The Morgan fingerprint density at radius 1 is 0.472 bits per heavy atom. The molecule has 0 aliphatic heterocycles. The molecule has 53 heavy (non-hydrogen) atoms. The fourth-order valence-electron chi connectivity index (χ4n) is 9.27. The van der Waals surface area contributed by atoms with Crippen LogP contribution in [0.5, 0.6) is 0 Å². The first-order chi connectivity index (χ1) is 26.2. The normalized spacial score (nSPS) is 16.6. The van der Waals surface area contributed by atoms with E-state index in [0.717, 1.165) is 21.9 Å². The molecule has 2 aliphatic rings. The van der Waals surface area contributed by atoms with E-state index in [9.17, 15) is 0 Å². The highest BCUT2D eigenvalue weighted by Crippen LogP contribution is 2.47. The van der Waals surface area contributed by atoms with Crippen molar-refractivity contribution in [2.24, 2.45) is 11.8 Å². The standard InChI is InChI=1S/C50H34OS2/c1-29-25-52-27-43(29)48-35-14-5-3-12-33(35)46(34-13-4-6-15-36(34)48)31-22-23-32-41-20-11-21-42(50(41)51-45(32)24-31)47-37-16-7-9-18-39(37)49(44-28-53-26-30(44)2)40-19-10-8-17-38(40)47/h3-28,37,39H,1-2H3. The number of aryl methyl sites for hydroxylation is 2. The van der Waals surface area contributed by atoms with Gasteiger partial charge in [-0.15, -0.1) is 0 Å². The van der Waals surface area contributed by atoms with Crippen molar-refractivity contribution in [2.45, 2.75) is 13.8 Å². The molecule has 0 fully saturated rings. The summed E-state index contributed by atoms with van der Waals surface area (Å²) in [6, 6.07) is 40.4. The van der Waals surface area contributed by atoms with Crippen molar-refractivity contribution >= 4 is 77.3 Å². The summed E-state index contributed by atoms with van der Waals surface area (Å²) in [7, 11) is 0. The van der Waals surface area contributed by atoms with Gasteiger partial charge in [-0.3, -0.25) is 0 Å². The summed E-state index contributed by atoms with van der Waals surface area (Å²) in [4.78, 5) is 0. The average molecular weight is 715 g/mol. The first-order valence-corrected chi connectivity index (χ1v) is 20.2. The largest absolute Gasteiger partial charge is 0.455 e. The minimum atomic E-state index is 0.196. The summed E-state index contributed by atoms with van der Waals surface area (Å²) in [6.07, 6.45) is 9.24. The van der Waals surface area contributed by atoms with Crippen LogP contribution in [-0.2, 0) is 0 Å². The monoisotopic (exact) mass is 714 g/mol. The zero-order valence-corrected chi connectivity index (χ0v) is 31.0. The number of fused-ring (bicyclic) bond motifs is 7. The van der Waals surface area contributed by atoms with Gasteiger partial charge in [0.15, 0.2) is 0 Å². The van der Waals surface area contributed by atoms with Crippen molar-refractivity contribution in [1.29, 1.82) is 0 Å². The van der Waals surface area contributed by atoms with E-state index in [2.05, 4.69) is 169 Å². The van der Waals surface area contributed by atoms with Crippen LogP contribution < -0.4 is 10.4 Å². The van der Waals surface area contributed by atoms with Crippen LogP contribution in [0.25, 0.3) is 76.9 Å². The molecular formula is C50H34OS2. The molecule has 3 aromatic heterocycles. The van der Waals surface area contributed by atoms with E-state index in [1.54, 1.807) is 22.7 Å². The smallest absolute Gasteiger partial charge is 0.142 e. The SMILES string of the molecule is Cc1cscc1C1=c2ccccc2=C(c2cccc3c2oc2cc(-c4c5ccccc5c(-c5cscc5C)c5ccccc45)ccc23)C2C=CC=CC12. The molecule has 0 amide bonds. The summed E-state index contributed by atoms with van der Waals surface area (Å²) < 4.78 is 7.07. The van der Waals surface area contributed by atoms with Gasteiger partial charge in [0.05, 0.1) is 0 Å². The van der Waals surface area contributed by atoms with Gasteiger partial charge in [0, 0.05) is 28.2 Å². The first-order valence-electron chi connectivity index (χ1n) is 18.3. The van der Waals surface area contributed by atoms with Crippen LogP contribution in [0.3, 0.4) is 0 Å². The van der Waals surface area contributed by atoms with Crippen LogP contribution in [0.15, 0.2) is 159 Å². The number of hydrogen-bond donors (Lipinski definition) is 0. The van der Waals surface area contributed by atoms with Gasteiger partial charge in [-0.25, -0.2) is 0 Å². The molecule has 252 valence electrons. The Balaban J connectivity index is 1.17. The number of benzene rings is 6. The molecule has 3 heterocycles. The lowest BCUT2D eigenvalue weighted by atomic mass is 9.70. The summed E-state index contributed by atoms with van der Waals surface area (Å²) in [5, 5.41) is 19.1. The minimum Gasteiger partial charge on any atom is -0.455 e. The number of hydrogen-bond acceptors (Lipinski definition) is 3. The van der Waals surface area contributed by atoms with E-state index in [-0.39, 0.29) is 11.8 Å². The summed E-state index contributed by atoms with van der Waals surface area (Å²) in [5.41, 5.74) is 14.9. The molecule has 0 saturated heterocycles. The van der Waals surface area contributed by atoms with Crippen LogP contribution in [0.2, 0.25) is 0 Å². The Kier molecular flexibility index (Phi) is 6.92. The van der Waals surface area contributed by atoms with Crippen LogP contribution in [0, 0.1) is 25.7 Å². The van der Waals surface area contributed by atoms with Crippen molar-refractivity contribution in [1.82, 2.24) is 0 Å². The van der Waals surface area contributed by atoms with Gasteiger partial charge in [0.1, 0.15) is 11.2 Å². The highest BCUT2D eigenvalue weighted by molar-refractivity contribution is 7.08. The average Bonchev–Trinajstić information content (AvgIpc) is 3.93. The molecule has 0 N–H and O–H groups in total. The fourth-order valence-corrected chi connectivity index (χ4v) is 11.0. The van der Waals surface area contributed by atoms with Crippen LogP contribution in [0.4, 0.5) is 0 Å². The highest BCUT2D eigenvalue weighted by Gasteiger charge is 2.33. The molecule has 9 aromatic rings. The molecule has 6 aromatic carbocycles. The second-order valence-electron chi connectivity index (χ2n) is 14.5. The van der Waals surface area contributed by atoms with Gasteiger partial charge >= 0.3 is 0 Å². The zero-order chi connectivity index (χ0) is 35.2. The molecule has 2 aliphatic carbocycles. The summed E-state index contributed by atoms with van der Waals surface area (Å²) in [6.45, 7) is 4.46. The molecule has 0 spiro atoms. The zero-order valence-electron chi connectivity index (χ0n) is 29.4. The van der Waals surface area contributed by atoms with Crippen molar-refractivity contribution in [2.75, 3.05) is 0 Å². The third kappa shape index (κ3) is 4.54. The number of furan rings is 1. The Morgan fingerprint density at radius 3 is 1.62 bits per heavy atom. The Labute approximate surface area is 315 Å². The Hall–Kier alpha value is -5.74. The second kappa shape index (κ2) is 11.9. The molecule has 0 saturated carbocycles. The minimum absolute atomic E-state index is 0.196. The quantitative estimate of drug-likeness (QED) is 0.165. The Morgan fingerprint density at radius 2 is 1.02 bits per heavy atom. The van der Waals surface area contributed by atoms with E-state index >= 15 is 0 Å². The molecule has 0 bridgehead atoms. The van der Waals surface area contributed by atoms with Gasteiger partial charge < -0.3 is 4.42 Å². The van der Waals surface area contributed by atoms with Gasteiger partial charge in [0.25, 0.3) is 0 Å². The van der Waals surface area contributed by atoms with E-state index < -0.39 is 0 Å².